The van der Waals surface area contributed by atoms with Gasteiger partial charge in [0.15, 0.2) is 0 Å². The highest BCUT2D eigenvalue weighted by Gasteiger charge is 2.47. The first-order valence-electron chi connectivity index (χ1n) is 10.2. The molecular weight excluding hydrogens is 382 g/mol. The molecular formula is C23H21N3O4. The number of aromatic nitrogens is 1. The number of non-ortho nitro benzene ring substituents is 1. The van der Waals surface area contributed by atoms with Gasteiger partial charge in [0, 0.05) is 47.6 Å². The Kier molecular flexibility index (Phi) is 4.38. The maximum atomic E-state index is 13.6. The summed E-state index contributed by atoms with van der Waals surface area (Å²) in [5.74, 6) is 0.450. The van der Waals surface area contributed by atoms with Crippen LogP contribution < -0.4 is 5.56 Å². The van der Waals surface area contributed by atoms with Crippen LogP contribution in [0.2, 0.25) is 0 Å². The first kappa shape index (κ1) is 18.5. The second-order valence-electron chi connectivity index (χ2n) is 8.17. The standard InChI is InChI=1S/C23H21N3O4/c27-22-12-18(17-11-15(26(29)30)9-10-20(17)24-22)23(28)25-13-19(14-5-2-1-3-6-14)16-7-4-8-21(16)25/h1-3,5-6,9-12,16,19,21H,4,7-8,13H2,(H,24,27)/t16-,19+,21-/m0/s1. The Hall–Kier alpha value is -3.48. The molecule has 152 valence electrons. The second-order valence-corrected chi connectivity index (χ2v) is 8.17. The molecule has 1 aliphatic carbocycles. The molecule has 2 heterocycles. The van der Waals surface area contributed by atoms with E-state index in [1.165, 1.54) is 29.8 Å². The van der Waals surface area contributed by atoms with Crippen LogP contribution in [0.5, 0.6) is 0 Å². The number of hydrogen-bond donors (Lipinski definition) is 1. The molecule has 0 spiro atoms. The quantitative estimate of drug-likeness (QED) is 0.531. The van der Waals surface area contributed by atoms with E-state index in [4.69, 9.17) is 0 Å². The van der Waals surface area contributed by atoms with Crippen LogP contribution in [0, 0.1) is 16.0 Å². The number of rotatable bonds is 3. The largest absolute Gasteiger partial charge is 0.335 e. The van der Waals surface area contributed by atoms with Crippen molar-refractivity contribution in [2.45, 2.75) is 31.2 Å². The van der Waals surface area contributed by atoms with Crippen LogP contribution in [0.15, 0.2) is 59.4 Å². The summed E-state index contributed by atoms with van der Waals surface area (Å²) in [7, 11) is 0. The lowest BCUT2D eigenvalue weighted by Gasteiger charge is -2.24. The van der Waals surface area contributed by atoms with E-state index < -0.39 is 4.92 Å². The van der Waals surface area contributed by atoms with Crippen LogP contribution in [-0.2, 0) is 0 Å². The zero-order valence-corrected chi connectivity index (χ0v) is 16.3. The third kappa shape index (κ3) is 2.98. The number of pyridine rings is 1. The molecule has 2 fully saturated rings. The number of nitrogens with zero attached hydrogens (tertiary/aromatic N) is 2. The van der Waals surface area contributed by atoms with Crippen LogP contribution in [-0.4, -0.2) is 33.3 Å². The molecule has 7 heteroatoms. The smallest absolute Gasteiger partial charge is 0.270 e. The molecule has 3 aromatic rings. The maximum Gasteiger partial charge on any atom is 0.270 e. The lowest BCUT2D eigenvalue weighted by molar-refractivity contribution is -0.384. The molecule has 0 unspecified atom stereocenters. The number of carbonyl (C=O) groups is 1. The van der Waals surface area contributed by atoms with Gasteiger partial charge in [-0.05, 0) is 30.4 Å². The summed E-state index contributed by atoms with van der Waals surface area (Å²) >= 11 is 0. The van der Waals surface area contributed by atoms with Crippen molar-refractivity contribution in [1.29, 1.82) is 0 Å². The summed E-state index contributed by atoms with van der Waals surface area (Å²) in [4.78, 5) is 41.1. The Morgan fingerprint density at radius 1 is 1.10 bits per heavy atom. The molecule has 1 aromatic heterocycles. The van der Waals surface area contributed by atoms with Gasteiger partial charge >= 0.3 is 0 Å². The summed E-state index contributed by atoms with van der Waals surface area (Å²) < 4.78 is 0. The van der Waals surface area contributed by atoms with E-state index in [9.17, 15) is 19.7 Å². The Bertz CT molecular complexity index is 1200. The minimum Gasteiger partial charge on any atom is -0.335 e. The first-order chi connectivity index (χ1) is 14.5. The highest BCUT2D eigenvalue weighted by molar-refractivity contribution is 6.06. The summed E-state index contributed by atoms with van der Waals surface area (Å²) in [6, 6.07) is 15.9. The van der Waals surface area contributed by atoms with Gasteiger partial charge < -0.3 is 9.88 Å². The molecule has 1 aliphatic heterocycles. The molecule has 1 saturated carbocycles. The van der Waals surface area contributed by atoms with Crippen molar-refractivity contribution in [3.8, 4) is 0 Å². The van der Waals surface area contributed by atoms with E-state index in [1.807, 2.05) is 23.1 Å². The lowest BCUT2D eigenvalue weighted by Crippen LogP contribution is -2.36. The van der Waals surface area contributed by atoms with Crippen molar-refractivity contribution in [1.82, 2.24) is 9.88 Å². The van der Waals surface area contributed by atoms with Gasteiger partial charge in [0.1, 0.15) is 0 Å². The van der Waals surface area contributed by atoms with Crippen molar-refractivity contribution in [2.75, 3.05) is 6.54 Å². The predicted molar refractivity (Wildman–Crippen MR) is 113 cm³/mol. The fourth-order valence-electron chi connectivity index (χ4n) is 5.28. The highest BCUT2D eigenvalue weighted by atomic mass is 16.6. The fourth-order valence-corrected chi connectivity index (χ4v) is 5.28. The summed E-state index contributed by atoms with van der Waals surface area (Å²) in [5, 5.41) is 11.6. The van der Waals surface area contributed by atoms with Gasteiger partial charge in [0.2, 0.25) is 5.56 Å². The maximum absolute atomic E-state index is 13.6. The van der Waals surface area contributed by atoms with Crippen molar-refractivity contribution in [3.05, 3.63) is 86.2 Å². The molecule has 30 heavy (non-hydrogen) atoms. The number of aromatic amines is 1. The highest BCUT2D eigenvalue weighted by Crippen LogP contribution is 2.46. The van der Waals surface area contributed by atoms with E-state index in [2.05, 4.69) is 17.1 Å². The molecule has 2 aromatic carbocycles. The summed E-state index contributed by atoms with van der Waals surface area (Å²) in [5.41, 5.74) is 1.40. The molecule has 1 N–H and O–H groups in total. The van der Waals surface area contributed by atoms with Crippen LogP contribution in [0.25, 0.3) is 10.9 Å². The summed E-state index contributed by atoms with van der Waals surface area (Å²) in [6.07, 6.45) is 3.10. The SMILES string of the molecule is O=C(c1cc(=O)[nH]c2ccc([N+](=O)[O-])cc12)N1C[C@H](c2ccccc2)[C@@H]2CCC[C@@H]21. The number of H-pyrrole nitrogens is 1. The van der Waals surface area contributed by atoms with Gasteiger partial charge in [-0.3, -0.25) is 19.7 Å². The number of likely N-dealkylation sites (tertiary alicyclic amines) is 1. The van der Waals surface area contributed by atoms with Gasteiger partial charge in [-0.1, -0.05) is 36.8 Å². The Morgan fingerprint density at radius 2 is 1.90 bits per heavy atom. The third-order valence-electron chi connectivity index (χ3n) is 6.60. The average molecular weight is 403 g/mol. The number of hydrogen-bond acceptors (Lipinski definition) is 4. The minimum atomic E-state index is -0.493. The number of amides is 1. The number of nitrogens with one attached hydrogen (secondary N) is 1. The minimum absolute atomic E-state index is 0.106. The molecule has 7 nitrogen and oxygen atoms in total. The zero-order chi connectivity index (χ0) is 20.8. The number of nitro groups is 1. The van der Waals surface area contributed by atoms with Gasteiger partial charge in [-0.25, -0.2) is 0 Å². The number of nitro benzene ring substituents is 1. The fraction of sp³-hybridized carbons (Fsp3) is 0.304. The lowest BCUT2D eigenvalue weighted by atomic mass is 9.87. The Morgan fingerprint density at radius 3 is 2.67 bits per heavy atom. The Labute approximate surface area is 172 Å². The van der Waals surface area contributed by atoms with E-state index in [-0.39, 0.29) is 34.7 Å². The molecule has 5 rings (SSSR count). The van der Waals surface area contributed by atoms with Gasteiger partial charge in [-0.15, -0.1) is 0 Å². The Balaban J connectivity index is 1.57. The van der Waals surface area contributed by atoms with Gasteiger partial charge in [0.25, 0.3) is 11.6 Å². The average Bonchev–Trinajstić information content (AvgIpc) is 3.35. The van der Waals surface area contributed by atoms with E-state index in [1.54, 1.807) is 0 Å². The number of carbonyl (C=O) groups excluding carboxylic acids is 1. The van der Waals surface area contributed by atoms with Crippen molar-refractivity contribution in [2.24, 2.45) is 5.92 Å². The van der Waals surface area contributed by atoms with Gasteiger partial charge in [0.05, 0.1) is 10.5 Å². The monoisotopic (exact) mass is 403 g/mol. The predicted octanol–water partition coefficient (Wildman–Crippen LogP) is 3.84. The van der Waals surface area contributed by atoms with E-state index >= 15 is 0 Å². The van der Waals surface area contributed by atoms with Crippen LogP contribution in [0.1, 0.15) is 41.1 Å². The number of fused-ring (bicyclic) bond motifs is 2. The normalized spacial score (nSPS) is 22.9. The molecule has 2 aliphatic rings. The van der Waals surface area contributed by atoms with Crippen molar-refractivity contribution in [3.63, 3.8) is 0 Å². The van der Waals surface area contributed by atoms with Crippen LogP contribution in [0.4, 0.5) is 5.69 Å². The molecule has 1 saturated heterocycles. The first-order valence-corrected chi connectivity index (χ1v) is 10.2. The van der Waals surface area contributed by atoms with Gasteiger partial charge in [-0.2, -0.15) is 0 Å². The second kappa shape index (κ2) is 7.09. The van der Waals surface area contributed by atoms with Crippen molar-refractivity contribution < 1.29 is 9.72 Å². The molecule has 0 bridgehead atoms. The number of benzene rings is 2. The molecule has 1 amide bonds. The van der Waals surface area contributed by atoms with Crippen molar-refractivity contribution >= 4 is 22.5 Å². The summed E-state index contributed by atoms with van der Waals surface area (Å²) in [6.45, 7) is 0.599. The van der Waals surface area contributed by atoms with E-state index in [0.29, 0.717) is 23.4 Å². The zero-order valence-electron chi connectivity index (χ0n) is 16.3. The van der Waals surface area contributed by atoms with E-state index in [0.717, 1.165) is 19.3 Å². The molecule has 0 radical (unpaired) electrons. The van der Waals surface area contributed by atoms with Crippen LogP contribution in [0.3, 0.4) is 0 Å². The van der Waals surface area contributed by atoms with Crippen LogP contribution >= 0.6 is 0 Å². The third-order valence-corrected chi connectivity index (χ3v) is 6.60. The topological polar surface area (TPSA) is 96.3 Å². The molecule has 3 atom stereocenters.